The fourth-order valence-corrected chi connectivity index (χ4v) is 2.10. The van der Waals surface area contributed by atoms with Crippen LogP contribution in [0.2, 0.25) is 0 Å². The maximum absolute atomic E-state index is 11.6. The number of allylic oxidation sites excluding steroid dienone is 2. The third-order valence-electron chi connectivity index (χ3n) is 3.37. The zero-order valence-corrected chi connectivity index (χ0v) is 11.8. The average molecular weight is 275 g/mol. The first-order valence-electron chi connectivity index (χ1n) is 7.13. The fourth-order valence-electron chi connectivity index (χ4n) is 2.10. The van der Waals surface area contributed by atoms with Gasteiger partial charge in [0.1, 0.15) is 6.61 Å². The molecule has 0 saturated carbocycles. The first kappa shape index (κ1) is 14.6. The summed E-state index contributed by atoms with van der Waals surface area (Å²) in [7, 11) is 0. The molecule has 4 heteroatoms. The summed E-state index contributed by atoms with van der Waals surface area (Å²) in [6.45, 7) is 2.43. The molecule has 0 fully saturated rings. The van der Waals surface area contributed by atoms with Gasteiger partial charge in [-0.3, -0.25) is 10.0 Å². The summed E-state index contributed by atoms with van der Waals surface area (Å²) < 4.78 is 5.20. The van der Waals surface area contributed by atoms with Crippen LogP contribution >= 0.6 is 0 Å². The lowest BCUT2D eigenvalue weighted by Crippen LogP contribution is -2.04. The molecule has 0 saturated heterocycles. The molecule has 20 heavy (non-hydrogen) atoms. The van der Waals surface area contributed by atoms with Crippen molar-refractivity contribution in [3.8, 4) is 0 Å². The normalized spacial score (nSPS) is 13.6. The van der Waals surface area contributed by atoms with Crippen molar-refractivity contribution in [2.75, 3.05) is 0 Å². The molecule has 0 radical (unpaired) electrons. The van der Waals surface area contributed by atoms with E-state index < -0.39 is 0 Å². The molecule has 4 nitrogen and oxygen atoms in total. The Morgan fingerprint density at radius 1 is 1.20 bits per heavy atom. The van der Waals surface area contributed by atoms with Gasteiger partial charge in [-0.1, -0.05) is 43.7 Å². The number of carbonyl (C=O) groups excluding carboxylic acids is 1. The summed E-state index contributed by atoms with van der Waals surface area (Å²) in [5, 5.41) is 10.7. The predicted molar refractivity (Wildman–Crippen MR) is 75.6 cm³/mol. The van der Waals surface area contributed by atoms with Crippen molar-refractivity contribution in [3.05, 3.63) is 47.3 Å². The van der Waals surface area contributed by atoms with Crippen LogP contribution in [0.25, 0.3) is 0 Å². The van der Waals surface area contributed by atoms with Crippen LogP contribution in [0.5, 0.6) is 0 Å². The fraction of sp³-hybridized carbons (Fsp3) is 0.438. The molecule has 1 aliphatic rings. The van der Waals surface area contributed by atoms with Crippen LogP contribution in [0.15, 0.2) is 41.7 Å². The van der Waals surface area contributed by atoms with Gasteiger partial charge in [0.2, 0.25) is 0 Å². The Balaban J connectivity index is 1.67. The topological polar surface area (TPSA) is 49.5 Å². The molecular weight excluding hydrogens is 254 g/mol. The first-order valence-corrected chi connectivity index (χ1v) is 7.13. The van der Waals surface area contributed by atoms with Gasteiger partial charge in [-0.25, -0.2) is 5.06 Å². The van der Waals surface area contributed by atoms with Crippen molar-refractivity contribution in [1.82, 2.24) is 5.06 Å². The van der Waals surface area contributed by atoms with Crippen LogP contribution in [0, 0.1) is 0 Å². The maximum Gasteiger partial charge on any atom is 0.306 e. The quantitative estimate of drug-likeness (QED) is 0.736. The predicted octanol–water partition coefficient (Wildman–Crippen LogP) is 3.62. The van der Waals surface area contributed by atoms with Gasteiger partial charge >= 0.3 is 5.97 Å². The van der Waals surface area contributed by atoms with Gasteiger partial charge in [-0.05, 0) is 18.4 Å². The van der Waals surface area contributed by atoms with Crippen LogP contribution in [-0.2, 0) is 16.1 Å². The minimum atomic E-state index is -0.225. The lowest BCUT2D eigenvalue weighted by atomic mass is 10.2. The van der Waals surface area contributed by atoms with Crippen LogP contribution in [0.1, 0.15) is 44.6 Å². The summed E-state index contributed by atoms with van der Waals surface area (Å²) in [5.41, 5.74) is 2.84. The van der Waals surface area contributed by atoms with E-state index >= 15 is 0 Å². The molecule has 0 atom stereocenters. The zero-order chi connectivity index (χ0) is 14.4. The van der Waals surface area contributed by atoms with Gasteiger partial charge in [0.25, 0.3) is 0 Å². The molecule has 1 aromatic carbocycles. The second-order valence-corrected chi connectivity index (χ2v) is 4.96. The van der Waals surface area contributed by atoms with E-state index in [1.54, 1.807) is 0 Å². The number of benzene rings is 1. The molecule has 1 aliphatic heterocycles. The van der Waals surface area contributed by atoms with Crippen LogP contribution in [0.4, 0.5) is 0 Å². The molecule has 0 aromatic heterocycles. The standard InChI is InChI=1S/C16H21NO3/c1-2-3-9-14-15(17(14)19)10-11-16(18)20-12-13-7-5-4-6-8-13/h4-8,19H,2-3,9-12H2,1H3. The second kappa shape index (κ2) is 7.10. The van der Waals surface area contributed by atoms with E-state index in [2.05, 4.69) is 6.92 Å². The van der Waals surface area contributed by atoms with Crippen molar-refractivity contribution in [1.29, 1.82) is 0 Å². The number of nitrogens with zero attached hydrogens (tertiary/aromatic N) is 1. The maximum atomic E-state index is 11.6. The first-order chi connectivity index (χ1) is 9.72. The zero-order valence-electron chi connectivity index (χ0n) is 11.8. The number of ether oxygens (including phenoxy) is 1. The van der Waals surface area contributed by atoms with E-state index in [-0.39, 0.29) is 5.97 Å². The summed E-state index contributed by atoms with van der Waals surface area (Å²) in [6.07, 6.45) is 3.93. The van der Waals surface area contributed by atoms with Crippen molar-refractivity contribution in [2.45, 2.75) is 45.6 Å². The Bertz CT molecular complexity index is 482. The van der Waals surface area contributed by atoms with E-state index in [1.807, 2.05) is 30.3 Å². The van der Waals surface area contributed by atoms with Gasteiger partial charge in [0, 0.05) is 6.42 Å². The van der Waals surface area contributed by atoms with Crippen molar-refractivity contribution in [3.63, 3.8) is 0 Å². The van der Waals surface area contributed by atoms with Crippen LogP contribution in [-0.4, -0.2) is 16.2 Å². The van der Waals surface area contributed by atoms with Gasteiger partial charge < -0.3 is 4.74 Å². The summed E-state index contributed by atoms with van der Waals surface area (Å²) in [5.74, 6) is -0.225. The van der Waals surface area contributed by atoms with E-state index in [1.165, 1.54) is 5.06 Å². The number of hydroxylamine groups is 2. The Morgan fingerprint density at radius 2 is 1.90 bits per heavy atom. The Kier molecular flexibility index (Phi) is 5.18. The number of unbranched alkanes of at least 4 members (excludes halogenated alkanes) is 1. The second-order valence-electron chi connectivity index (χ2n) is 4.96. The Morgan fingerprint density at radius 3 is 2.60 bits per heavy atom. The largest absolute Gasteiger partial charge is 0.461 e. The van der Waals surface area contributed by atoms with Gasteiger partial charge in [0.05, 0.1) is 17.8 Å². The molecule has 108 valence electrons. The number of carbonyl (C=O) groups is 1. The van der Waals surface area contributed by atoms with E-state index in [4.69, 9.17) is 4.74 Å². The smallest absolute Gasteiger partial charge is 0.306 e. The SMILES string of the molecule is CCCCC1=C(CCC(=O)OCc2ccccc2)N1O. The average Bonchev–Trinajstić information content (AvgIpc) is 3.10. The lowest BCUT2D eigenvalue weighted by molar-refractivity contribution is -0.145. The number of hydrogen-bond acceptors (Lipinski definition) is 4. The molecule has 2 rings (SSSR count). The summed E-state index contributed by atoms with van der Waals surface area (Å²) >= 11 is 0. The number of rotatable bonds is 8. The number of hydrogen-bond donors (Lipinski definition) is 1. The van der Waals surface area contributed by atoms with E-state index in [0.29, 0.717) is 19.4 Å². The minimum absolute atomic E-state index is 0.225. The van der Waals surface area contributed by atoms with Crippen molar-refractivity contribution in [2.24, 2.45) is 0 Å². The van der Waals surface area contributed by atoms with Gasteiger partial charge in [-0.15, -0.1) is 0 Å². The molecule has 1 aromatic rings. The Labute approximate surface area is 119 Å². The summed E-state index contributed by atoms with van der Waals surface area (Å²) in [4.78, 5) is 11.6. The van der Waals surface area contributed by atoms with E-state index in [9.17, 15) is 10.0 Å². The number of esters is 1. The van der Waals surface area contributed by atoms with E-state index in [0.717, 1.165) is 36.2 Å². The monoisotopic (exact) mass is 275 g/mol. The molecule has 0 amide bonds. The lowest BCUT2D eigenvalue weighted by Gasteiger charge is -2.03. The third kappa shape index (κ3) is 4.10. The highest BCUT2D eigenvalue weighted by Crippen LogP contribution is 2.36. The van der Waals surface area contributed by atoms with Gasteiger partial charge in [-0.2, -0.15) is 0 Å². The van der Waals surface area contributed by atoms with Gasteiger partial charge in [0.15, 0.2) is 0 Å². The molecule has 0 bridgehead atoms. The van der Waals surface area contributed by atoms with Crippen LogP contribution < -0.4 is 0 Å². The molecule has 0 unspecified atom stereocenters. The minimum Gasteiger partial charge on any atom is -0.461 e. The molecule has 1 N–H and O–H groups in total. The molecular formula is C16H21NO3. The van der Waals surface area contributed by atoms with Crippen LogP contribution in [0.3, 0.4) is 0 Å². The Hall–Kier alpha value is -1.81. The molecule has 1 heterocycles. The third-order valence-corrected chi connectivity index (χ3v) is 3.37. The molecule has 0 spiro atoms. The highest BCUT2D eigenvalue weighted by atomic mass is 16.5. The summed E-state index contributed by atoms with van der Waals surface area (Å²) in [6, 6.07) is 9.62. The highest BCUT2D eigenvalue weighted by molar-refractivity contribution is 5.69. The van der Waals surface area contributed by atoms with Crippen molar-refractivity contribution >= 4 is 5.97 Å². The van der Waals surface area contributed by atoms with Crippen molar-refractivity contribution < 1.29 is 14.7 Å². The molecule has 0 aliphatic carbocycles. The highest BCUT2D eigenvalue weighted by Gasteiger charge is 2.31.